The van der Waals surface area contributed by atoms with Crippen LogP contribution in [0.4, 0.5) is 11.4 Å². The van der Waals surface area contributed by atoms with Gasteiger partial charge in [-0.2, -0.15) is 0 Å². The van der Waals surface area contributed by atoms with Crippen LogP contribution in [-0.4, -0.2) is 23.1 Å². The van der Waals surface area contributed by atoms with Crippen molar-refractivity contribution in [3.63, 3.8) is 0 Å². The van der Waals surface area contributed by atoms with Gasteiger partial charge in [-0.1, -0.05) is 105 Å². The summed E-state index contributed by atoms with van der Waals surface area (Å²) < 4.78 is 1.98. The van der Waals surface area contributed by atoms with Crippen molar-refractivity contribution in [1.29, 1.82) is 0 Å². The number of hydrogen-bond acceptors (Lipinski definition) is 4. The van der Waals surface area contributed by atoms with Crippen molar-refractivity contribution in [3.8, 4) is 11.4 Å². The fourth-order valence-corrected chi connectivity index (χ4v) is 6.10. The van der Waals surface area contributed by atoms with Crippen LogP contribution in [0.15, 0.2) is 33.5 Å². The number of rotatable bonds is 23. The number of anilines is 2. The monoisotopic (exact) mass is 678 g/mol. The Kier molecular flexibility index (Phi) is 18.9. The van der Waals surface area contributed by atoms with Crippen molar-refractivity contribution < 1.29 is 0 Å². The van der Waals surface area contributed by atoms with Crippen LogP contribution in [0, 0.1) is 11.8 Å². The Bertz CT molecular complexity index is 861. The van der Waals surface area contributed by atoms with Gasteiger partial charge in [0, 0.05) is 34.4 Å². The Balaban J connectivity index is 2.20. The Morgan fingerprint density at radius 1 is 0.550 bits per heavy atom. The van der Waals surface area contributed by atoms with Crippen LogP contribution in [0.25, 0.3) is 11.4 Å². The summed E-state index contributed by atoms with van der Waals surface area (Å²) in [5.74, 6) is 1.37. The Hall–Kier alpha value is -1.14. The molecule has 0 aliphatic rings. The maximum atomic E-state index is 4.88. The second kappa shape index (κ2) is 21.5. The summed E-state index contributed by atoms with van der Waals surface area (Å²) in [5.41, 5.74) is 3.96. The van der Waals surface area contributed by atoms with Gasteiger partial charge in [-0.3, -0.25) is 9.97 Å². The van der Waals surface area contributed by atoms with E-state index < -0.39 is 0 Å². The van der Waals surface area contributed by atoms with Crippen LogP contribution in [0.2, 0.25) is 0 Å². The Morgan fingerprint density at radius 3 is 1.30 bits per heavy atom. The first-order valence-corrected chi connectivity index (χ1v) is 17.9. The minimum Gasteiger partial charge on any atom is -0.383 e. The molecular formula is C34H56Br2N4. The third-order valence-corrected chi connectivity index (χ3v) is 8.83. The molecule has 0 saturated heterocycles. The van der Waals surface area contributed by atoms with E-state index >= 15 is 0 Å². The second-order valence-corrected chi connectivity index (χ2v) is 13.4. The van der Waals surface area contributed by atoms with E-state index in [1.165, 1.54) is 103 Å². The van der Waals surface area contributed by atoms with E-state index in [4.69, 9.17) is 9.97 Å². The van der Waals surface area contributed by atoms with Gasteiger partial charge in [0.1, 0.15) is 11.4 Å². The maximum Gasteiger partial charge on any atom is 0.114 e. The lowest BCUT2D eigenvalue weighted by Gasteiger charge is -2.21. The van der Waals surface area contributed by atoms with E-state index in [1.807, 2.05) is 12.4 Å². The molecule has 226 valence electrons. The lowest BCUT2D eigenvalue weighted by atomic mass is 9.95. The summed E-state index contributed by atoms with van der Waals surface area (Å²) >= 11 is 7.34. The lowest BCUT2D eigenvalue weighted by Crippen LogP contribution is -2.17. The SMILES string of the molecule is CCCCCCC(CCCC)CNc1cc(Br)cnc1-c1ncc(Br)cc1NCC(CCCC)CCCCCC. The average Bonchev–Trinajstić information content (AvgIpc) is 2.95. The predicted molar refractivity (Wildman–Crippen MR) is 183 cm³/mol. The smallest absolute Gasteiger partial charge is 0.114 e. The van der Waals surface area contributed by atoms with Crippen LogP contribution in [0.1, 0.15) is 130 Å². The number of pyridine rings is 2. The summed E-state index contributed by atoms with van der Waals surface area (Å²) in [6, 6.07) is 4.34. The number of nitrogens with zero attached hydrogens (tertiary/aromatic N) is 2. The second-order valence-electron chi connectivity index (χ2n) is 11.6. The first-order valence-electron chi connectivity index (χ1n) is 16.3. The molecule has 2 N–H and O–H groups in total. The molecule has 0 bridgehead atoms. The quantitative estimate of drug-likeness (QED) is 0.115. The number of nitrogens with one attached hydrogen (secondary N) is 2. The summed E-state index contributed by atoms with van der Waals surface area (Å²) in [6.45, 7) is 11.1. The van der Waals surface area contributed by atoms with Crippen molar-refractivity contribution in [1.82, 2.24) is 9.97 Å². The molecule has 0 aliphatic heterocycles. The van der Waals surface area contributed by atoms with Crippen LogP contribution >= 0.6 is 31.9 Å². The van der Waals surface area contributed by atoms with Gasteiger partial charge in [0.2, 0.25) is 0 Å². The fourth-order valence-electron chi connectivity index (χ4n) is 5.44. The lowest BCUT2D eigenvalue weighted by molar-refractivity contribution is 0.430. The molecule has 2 heterocycles. The van der Waals surface area contributed by atoms with Gasteiger partial charge in [0.25, 0.3) is 0 Å². The molecule has 4 nitrogen and oxygen atoms in total. The molecule has 0 spiro atoms. The maximum absolute atomic E-state index is 4.88. The standard InChI is InChI=1S/C34H56Br2N4/c1-5-9-13-15-19-27(17-11-7-3)23-37-31-21-29(35)25-39-33(31)34-32(22-30(36)26-40-34)38-24-28(18-12-8-4)20-16-14-10-6-2/h21-22,25-28,37-38H,5-20,23-24H2,1-4H3. The van der Waals surface area contributed by atoms with Gasteiger partial charge < -0.3 is 10.6 Å². The number of aromatic nitrogens is 2. The molecule has 2 unspecified atom stereocenters. The van der Waals surface area contributed by atoms with Crippen LogP contribution in [0.5, 0.6) is 0 Å². The van der Waals surface area contributed by atoms with E-state index in [1.54, 1.807) is 0 Å². The zero-order chi connectivity index (χ0) is 29.0. The zero-order valence-electron chi connectivity index (χ0n) is 25.8. The van der Waals surface area contributed by atoms with E-state index in [2.05, 4.69) is 82.3 Å². The Labute approximate surface area is 263 Å². The molecule has 2 aromatic heterocycles. The van der Waals surface area contributed by atoms with E-state index in [0.29, 0.717) is 11.8 Å². The summed E-state index contributed by atoms with van der Waals surface area (Å²) in [6.07, 6.45) is 24.7. The van der Waals surface area contributed by atoms with Gasteiger partial charge in [0.15, 0.2) is 0 Å². The first kappa shape index (κ1) is 35.1. The minimum atomic E-state index is 0.686. The average molecular weight is 681 g/mol. The van der Waals surface area contributed by atoms with Gasteiger partial charge in [-0.15, -0.1) is 0 Å². The minimum absolute atomic E-state index is 0.686. The highest BCUT2D eigenvalue weighted by Crippen LogP contribution is 2.34. The molecular weight excluding hydrogens is 624 g/mol. The summed E-state index contributed by atoms with van der Waals surface area (Å²) in [4.78, 5) is 9.77. The third kappa shape index (κ3) is 13.7. The summed E-state index contributed by atoms with van der Waals surface area (Å²) in [5, 5.41) is 7.61. The van der Waals surface area contributed by atoms with Gasteiger partial charge in [-0.05, 0) is 81.5 Å². The normalized spacial score (nSPS) is 12.8. The summed E-state index contributed by atoms with van der Waals surface area (Å²) in [7, 11) is 0. The van der Waals surface area contributed by atoms with Crippen LogP contribution < -0.4 is 10.6 Å². The van der Waals surface area contributed by atoms with Gasteiger partial charge >= 0.3 is 0 Å². The number of hydrogen-bond donors (Lipinski definition) is 2. The predicted octanol–water partition coefficient (Wildman–Crippen LogP) is 12.0. The van der Waals surface area contributed by atoms with E-state index in [-0.39, 0.29) is 0 Å². The van der Waals surface area contributed by atoms with Gasteiger partial charge in [0.05, 0.1) is 11.4 Å². The zero-order valence-corrected chi connectivity index (χ0v) is 29.0. The van der Waals surface area contributed by atoms with Crippen molar-refractivity contribution in [3.05, 3.63) is 33.5 Å². The molecule has 0 radical (unpaired) electrons. The third-order valence-electron chi connectivity index (χ3n) is 7.96. The molecule has 0 aromatic carbocycles. The van der Waals surface area contributed by atoms with Gasteiger partial charge in [-0.25, -0.2) is 0 Å². The van der Waals surface area contributed by atoms with E-state index in [9.17, 15) is 0 Å². The first-order chi connectivity index (χ1) is 19.5. The molecule has 0 saturated carbocycles. The molecule has 2 aromatic rings. The largest absolute Gasteiger partial charge is 0.383 e. The highest BCUT2D eigenvalue weighted by Gasteiger charge is 2.17. The molecule has 40 heavy (non-hydrogen) atoms. The molecule has 6 heteroatoms. The Morgan fingerprint density at radius 2 is 0.925 bits per heavy atom. The van der Waals surface area contributed by atoms with E-state index in [0.717, 1.165) is 44.8 Å². The highest BCUT2D eigenvalue weighted by molar-refractivity contribution is 9.10. The highest BCUT2D eigenvalue weighted by atomic mass is 79.9. The van der Waals surface area contributed by atoms with Crippen LogP contribution in [0.3, 0.4) is 0 Å². The topological polar surface area (TPSA) is 49.8 Å². The molecule has 2 rings (SSSR count). The molecule has 0 aliphatic carbocycles. The molecule has 2 atom stereocenters. The van der Waals surface area contributed by atoms with Crippen molar-refractivity contribution in [2.45, 2.75) is 130 Å². The molecule has 0 fully saturated rings. The van der Waals surface area contributed by atoms with Crippen LogP contribution in [-0.2, 0) is 0 Å². The molecule has 0 amide bonds. The van der Waals surface area contributed by atoms with Crippen molar-refractivity contribution in [2.75, 3.05) is 23.7 Å². The van der Waals surface area contributed by atoms with Crippen molar-refractivity contribution >= 4 is 43.2 Å². The van der Waals surface area contributed by atoms with Crippen molar-refractivity contribution in [2.24, 2.45) is 11.8 Å². The number of unbranched alkanes of at least 4 members (excludes halogenated alkanes) is 8. The fraction of sp³-hybridized carbons (Fsp3) is 0.706. The number of halogens is 2.